The highest BCUT2D eigenvalue weighted by Crippen LogP contribution is 2.10. The largest absolute Gasteiger partial charge is 0.506 e. The Kier molecular flexibility index (Phi) is 3.79. The van der Waals surface area contributed by atoms with Crippen molar-refractivity contribution in [3.8, 4) is 5.75 Å². The average molecular weight is 260 g/mol. The van der Waals surface area contributed by atoms with Crippen molar-refractivity contribution >= 4 is 5.91 Å². The van der Waals surface area contributed by atoms with E-state index in [9.17, 15) is 9.90 Å². The molecule has 0 aliphatic carbocycles. The van der Waals surface area contributed by atoms with Gasteiger partial charge in [-0.2, -0.15) is 0 Å². The Morgan fingerprint density at radius 2 is 2.26 bits per heavy atom. The molecule has 0 spiro atoms. The van der Waals surface area contributed by atoms with Crippen LogP contribution in [0.5, 0.6) is 5.75 Å². The maximum Gasteiger partial charge on any atom is 0.253 e. The van der Waals surface area contributed by atoms with Gasteiger partial charge in [-0.05, 0) is 19.9 Å². The third-order valence-electron chi connectivity index (χ3n) is 2.70. The number of rotatable bonds is 4. The number of aromatic hydroxyl groups is 1. The molecule has 6 nitrogen and oxygen atoms in total. The minimum absolute atomic E-state index is 0.0312. The standard InChI is InChI=1S/C13H16N4O2/c1-9(2)17-4-3-15-12(17)8-16-13(19)10-5-11(18)7-14-6-10/h3-7,9,18H,8H2,1-2H3,(H,16,19). The molecule has 0 atom stereocenters. The molecule has 2 aromatic heterocycles. The van der Waals surface area contributed by atoms with Crippen LogP contribution >= 0.6 is 0 Å². The zero-order chi connectivity index (χ0) is 13.8. The zero-order valence-electron chi connectivity index (χ0n) is 10.9. The number of hydrogen-bond acceptors (Lipinski definition) is 4. The van der Waals surface area contributed by atoms with Crippen molar-refractivity contribution in [1.82, 2.24) is 19.9 Å². The molecule has 100 valence electrons. The van der Waals surface area contributed by atoms with Crippen molar-refractivity contribution in [3.63, 3.8) is 0 Å². The molecule has 0 aliphatic rings. The Morgan fingerprint density at radius 3 is 2.95 bits per heavy atom. The maximum atomic E-state index is 11.9. The van der Waals surface area contributed by atoms with E-state index in [2.05, 4.69) is 15.3 Å². The summed E-state index contributed by atoms with van der Waals surface area (Å²) < 4.78 is 1.99. The van der Waals surface area contributed by atoms with E-state index < -0.39 is 0 Å². The first-order chi connectivity index (χ1) is 9.08. The molecule has 2 heterocycles. The number of pyridine rings is 1. The van der Waals surface area contributed by atoms with Crippen LogP contribution in [0.2, 0.25) is 0 Å². The van der Waals surface area contributed by atoms with E-state index >= 15 is 0 Å². The second-order valence-electron chi connectivity index (χ2n) is 4.46. The summed E-state index contributed by atoms with van der Waals surface area (Å²) in [6, 6.07) is 1.66. The van der Waals surface area contributed by atoms with Gasteiger partial charge in [0.15, 0.2) is 0 Å². The molecule has 19 heavy (non-hydrogen) atoms. The molecule has 0 aliphatic heterocycles. The Balaban J connectivity index is 2.02. The van der Waals surface area contributed by atoms with Gasteiger partial charge in [-0.15, -0.1) is 0 Å². The SMILES string of the molecule is CC(C)n1ccnc1CNC(=O)c1cncc(O)c1. The molecule has 0 aromatic carbocycles. The molecule has 2 aromatic rings. The smallest absolute Gasteiger partial charge is 0.253 e. The van der Waals surface area contributed by atoms with Crippen LogP contribution in [-0.2, 0) is 6.54 Å². The van der Waals surface area contributed by atoms with Crippen molar-refractivity contribution in [1.29, 1.82) is 0 Å². The van der Waals surface area contributed by atoms with Gasteiger partial charge in [0, 0.05) is 24.6 Å². The summed E-state index contributed by atoms with van der Waals surface area (Å²) >= 11 is 0. The second kappa shape index (κ2) is 5.51. The third kappa shape index (κ3) is 3.09. The minimum atomic E-state index is -0.290. The topological polar surface area (TPSA) is 80.0 Å². The normalized spacial score (nSPS) is 10.7. The monoisotopic (exact) mass is 260 g/mol. The van der Waals surface area contributed by atoms with Crippen LogP contribution in [0, 0.1) is 0 Å². The number of carbonyl (C=O) groups excluding carboxylic acids is 1. The van der Waals surface area contributed by atoms with Gasteiger partial charge in [-0.25, -0.2) is 4.98 Å². The van der Waals surface area contributed by atoms with E-state index in [0.717, 1.165) is 5.82 Å². The summed E-state index contributed by atoms with van der Waals surface area (Å²) in [7, 11) is 0. The summed E-state index contributed by atoms with van der Waals surface area (Å²) in [5.41, 5.74) is 0.322. The molecule has 0 bridgehead atoms. The van der Waals surface area contributed by atoms with Gasteiger partial charge in [0.1, 0.15) is 11.6 Å². The number of nitrogens with zero attached hydrogens (tertiary/aromatic N) is 3. The zero-order valence-corrected chi connectivity index (χ0v) is 10.9. The highest BCUT2D eigenvalue weighted by Gasteiger charge is 2.10. The number of nitrogens with one attached hydrogen (secondary N) is 1. The number of carbonyl (C=O) groups is 1. The molecule has 0 radical (unpaired) electrons. The van der Waals surface area contributed by atoms with Crippen LogP contribution in [0.25, 0.3) is 0 Å². The van der Waals surface area contributed by atoms with Gasteiger partial charge < -0.3 is 15.0 Å². The van der Waals surface area contributed by atoms with Gasteiger partial charge in [-0.1, -0.05) is 0 Å². The Bertz CT molecular complexity index is 578. The van der Waals surface area contributed by atoms with E-state index in [-0.39, 0.29) is 17.7 Å². The molecule has 2 N–H and O–H groups in total. The molecule has 0 fully saturated rings. The quantitative estimate of drug-likeness (QED) is 0.873. The predicted molar refractivity (Wildman–Crippen MR) is 69.7 cm³/mol. The molecule has 2 rings (SSSR count). The average Bonchev–Trinajstić information content (AvgIpc) is 2.84. The summed E-state index contributed by atoms with van der Waals surface area (Å²) in [5.74, 6) is 0.467. The van der Waals surface area contributed by atoms with Gasteiger partial charge in [0.2, 0.25) is 0 Å². The molecule has 0 saturated heterocycles. The van der Waals surface area contributed by atoms with Crippen molar-refractivity contribution in [2.24, 2.45) is 0 Å². The van der Waals surface area contributed by atoms with Crippen LogP contribution in [-0.4, -0.2) is 25.5 Å². The lowest BCUT2D eigenvalue weighted by atomic mass is 10.2. The lowest BCUT2D eigenvalue weighted by molar-refractivity contribution is 0.0948. The minimum Gasteiger partial charge on any atom is -0.506 e. The molecule has 0 unspecified atom stereocenters. The lowest BCUT2D eigenvalue weighted by Crippen LogP contribution is -2.25. The number of imidazole rings is 1. The van der Waals surface area contributed by atoms with Crippen molar-refractivity contribution in [2.75, 3.05) is 0 Å². The first-order valence-corrected chi connectivity index (χ1v) is 6.02. The Hall–Kier alpha value is -2.37. The highest BCUT2D eigenvalue weighted by atomic mass is 16.3. The maximum absolute atomic E-state index is 11.9. The van der Waals surface area contributed by atoms with E-state index in [4.69, 9.17) is 0 Å². The second-order valence-corrected chi connectivity index (χ2v) is 4.46. The van der Waals surface area contributed by atoms with Crippen molar-refractivity contribution < 1.29 is 9.90 Å². The van der Waals surface area contributed by atoms with Crippen LogP contribution in [0.15, 0.2) is 30.9 Å². The Morgan fingerprint density at radius 1 is 1.47 bits per heavy atom. The summed E-state index contributed by atoms with van der Waals surface area (Å²) in [6.07, 6.45) is 6.27. The van der Waals surface area contributed by atoms with E-state index in [1.165, 1.54) is 18.5 Å². The van der Waals surface area contributed by atoms with Gasteiger partial charge in [0.25, 0.3) is 5.91 Å². The predicted octanol–water partition coefficient (Wildman–Crippen LogP) is 1.49. The fraction of sp³-hybridized carbons (Fsp3) is 0.308. The van der Waals surface area contributed by atoms with Gasteiger partial charge in [0.05, 0.1) is 18.3 Å². The molecule has 0 saturated carbocycles. The third-order valence-corrected chi connectivity index (χ3v) is 2.70. The van der Waals surface area contributed by atoms with Crippen molar-refractivity contribution in [3.05, 3.63) is 42.2 Å². The number of amides is 1. The van der Waals surface area contributed by atoms with Crippen LogP contribution in [0.4, 0.5) is 0 Å². The van der Waals surface area contributed by atoms with Crippen LogP contribution < -0.4 is 5.32 Å². The van der Waals surface area contributed by atoms with E-state index in [1.807, 2.05) is 24.6 Å². The Labute approximate surface area is 111 Å². The number of aromatic nitrogens is 3. The molecular weight excluding hydrogens is 244 g/mol. The molecular formula is C13H16N4O2. The fourth-order valence-electron chi connectivity index (χ4n) is 1.76. The van der Waals surface area contributed by atoms with E-state index in [1.54, 1.807) is 6.20 Å². The first kappa shape index (κ1) is 13.1. The molecule has 1 amide bonds. The molecule has 6 heteroatoms. The summed E-state index contributed by atoms with van der Waals surface area (Å²) in [4.78, 5) is 19.8. The lowest BCUT2D eigenvalue weighted by Gasteiger charge is -2.12. The van der Waals surface area contributed by atoms with Gasteiger partial charge >= 0.3 is 0 Å². The van der Waals surface area contributed by atoms with E-state index in [0.29, 0.717) is 12.1 Å². The van der Waals surface area contributed by atoms with Crippen LogP contribution in [0.1, 0.15) is 36.1 Å². The number of hydrogen-bond donors (Lipinski definition) is 2. The first-order valence-electron chi connectivity index (χ1n) is 6.02. The van der Waals surface area contributed by atoms with Crippen LogP contribution in [0.3, 0.4) is 0 Å². The van der Waals surface area contributed by atoms with Gasteiger partial charge in [-0.3, -0.25) is 9.78 Å². The van der Waals surface area contributed by atoms with Crippen molar-refractivity contribution in [2.45, 2.75) is 26.4 Å². The fourth-order valence-corrected chi connectivity index (χ4v) is 1.76. The summed E-state index contributed by atoms with van der Waals surface area (Å²) in [6.45, 7) is 4.43. The highest BCUT2D eigenvalue weighted by molar-refractivity contribution is 5.94. The summed E-state index contributed by atoms with van der Waals surface area (Å²) in [5, 5.41) is 12.0.